The molecule has 0 spiro atoms. The standard InChI is InChI=1S/C34H39N3O5/c1-4-35-33(40)34(23-12-6-5-7-13-23)20-18-25(24-14-8-10-16-27(24)34)32(39)37-21-19-28(30(22-37)42-3)36-31(38)26-15-9-11-17-29(26)41-2/h5-17,25,28,30H,4,18-22H2,1-3H3,(H,35,40)(H,36,38)/t25-,28-,30+,34+/m1/s1. The topological polar surface area (TPSA) is 97.0 Å². The molecule has 5 rings (SSSR count). The van der Waals surface area contributed by atoms with Crippen LogP contribution in [0, 0.1) is 0 Å². The zero-order valence-corrected chi connectivity index (χ0v) is 24.5. The Morgan fingerprint density at radius 3 is 2.38 bits per heavy atom. The summed E-state index contributed by atoms with van der Waals surface area (Å²) in [5, 5.41) is 6.16. The summed E-state index contributed by atoms with van der Waals surface area (Å²) >= 11 is 0. The molecule has 3 aromatic rings. The molecule has 0 bridgehead atoms. The Morgan fingerprint density at radius 2 is 1.64 bits per heavy atom. The van der Waals surface area contributed by atoms with Crippen molar-refractivity contribution in [3.8, 4) is 5.75 Å². The van der Waals surface area contributed by atoms with Gasteiger partial charge >= 0.3 is 0 Å². The zero-order valence-electron chi connectivity index (χ0n) is 24.5. The van der Waals surface area contributed by atoms with Crippen LogP contribution in [0.3, 0.4) is 0 Å². The number of likely N-dealkylation sites (tertiary alicyclic amines) is 1. The highest BCUT2D eigenvalue weighted by atomic mass is 16.5. The minimum absolute atomic E-state index is 0.0246. The molecule has 1 fully saturated rings. The third kappa shape index (κ3) is 5.39. The number of nitrogens with one attached hydrogen (secondary N) is 2. The molecule has 0 radical (unpaired) electrons. The molecule has 0 unspecified atom stereocenters. The van der Waals surface area contributed by atoms with Crippen LogP contribution >= 0.6 is 0 Å². The van der Waals surface area contributed by atoms with Crippen LogP contribution in [0.1, 0.15) is 59.2 Å². The first-order valence-corrected chi connectivity index (χ1v) is 14.6. The smallest absolute Gasteiger partial charge is 0.255 e. The molecule has 3 aromatic carbocycles. The Labute approximate surface area is 247 Å². The lowest BCUT2D eigenvalue weighted by Crippen LogP contribution is -2.57. The summed E-state index contributed by atoms with van der Waals surface area (Å²) in [5.74, 6) is -0.114. The molecule has 2 aliphatic rings. The van der Waals surface area contributed by atoms with Crippen molar-refractivity contribution in [2.75, 3.05) is 33.9 Å². The van der Waals surface area contributed by atoms with Crippen molar-refractivity contribution in [3.05, 3.63) is 101 Å². The maximum atomic E-state index is 14.1. The molecular weight excluding hydrogens is 530 g/mol. The summed E-state index contributed by atoms with van der Waals surface area (Å²) in [6.07, 6.45) is 1.27. The third-order valence-corrected chi connectivity index (χ3v) is 8.74. The van der Waals surface area contributed by atoms with Crippen molar-refractivity contribution in [3.63, 3.8) is 0 Å². The number of rotatable bonds is 8. The Kier molecular flexibility index (Phi) is 8.92. The van der Waals surface area contributed by atoms with Crippen molar-refractivity contribution in [1.29, 1.82) is 0 Å². The minimum atomic E-state index is -0.866. The van der Waals surface area contributed by atoms with E-state index in [1.54, 1.807) is 25.3 Å². The molecule has 8 heteroatoms. The lowest BCUT2D eigenvalue weighted by Gasteiger charge is -2.43. The summed E-state index contributed by atoms with van der Waals surface area (Å²) in [6, 6.07) is 24.6. The highest BCUT2D eigenvalue weighted by molar-refractivity contribution is 5.97. The van der Waals surface area contributed by atoms with Gasteiger partial charge in [-0.25, -0.2) is 0 Å². The first kappa shape index (κ1) is 29.3. The summed E-state index contributed by atoms with van der Waals surface area (Å²) < 4.78 is 11.1. The van der Waals surface area contributed by atoms with E-state index >= 15 is 0 Å². The average Bonchev–Trinajstić information content (AvgIpc) is 3.04. The zero-order chi connectivity index (χ0) is 29.7. The number of carbonyl (C=O) groups is 3. The first-order chi connectivity index (χ1) is 20.4. The van der Waals surface area contributed by atoms with Gasteiger partial charge < -0.3 is 25.0 Å². The molecule has 1 aliphatic heterocycles. The van der Waals surface area contributed by atoms with E-state index in [-0.39, 0.29) is 35.8 Å². The van der Waals surface area contributed by atoms with E-state index < -0.39 is 5.41 Å². The Hall–Kier alpha value is -4.17. The Balaban J connectivity index is 1.37. The molecule has 220 valence electrons. The van der Waals surface area contributed by atoms with E-state index in [2.05, 4.69) is 10.6 Å². The fourth-order valence-corrected chi connectivity index (χ4v) is 6.62. The molecule has 2 N–H and O–H groups in total. The third-order valence-electron chi connectivity index (χ3n) is 8.74. The minimum Gasteiger partial charge on any atom is -0.496 e. The van der Waals surface area contributed by atoms with Crippen molar-refractivity contribution >= 4 is 17.7 Å². The second kappa shape index (κ2) is 12.8. The fraction of sp³-hybridized carbons (Fsp3) is 0.382. The molecule has 3 amide bonds. The number of piperidine rings is 1. The van der Waals surface area contributed by atoms with Gasteiger partial charge in [0.2, 0.25) is 11.8 Å². The lowest BCUT2D eigenvalue weighted by molar-refractivity contribution is -0.138. The number of para-hydroxylation sites is 1. The van der Waals surface area contributed by atoms with Crippen LogP contribution in [0.15, 0.2) is 78.9 Å². The summed E-state index contributed by atoms with van der Waals surface area (Å²) in [6.45, 7) is 3.31. The van der Waals surface area contributed by atoms with Crippen LogP contribution < -0.4 is 15.4 Å². The normalized spacial score (nSPS) is 23.4. The number of hydrogen-bond acceptors (Lipinski definition) is 5. The van der Waals surface area contributed by atoms with Crippen LogP contribution in [0.2, 0.25) is 0 Å². The van der Waals surface area contributed by atoms with Crippen LogP contribution in [-0.2, 0) is 19.7 Å². The number of fused-ring (bicyclic) bond motifs is 1. The summed E-state index contributed by atoms with van der Waals surface area (Å²) in [5.41, 5.74) is 2.30. The summed E-state index contributed by atoms with van der Waals surface area (Å²) in [4.78, 5) is 42.8. The molecule has 1 aliphatic carbocycles. The second-order valence-corrected chi connectivity index (χ2v) is 10.9. The van der Waals surface area contributed by atoms with Crippen molar-refractivity contribution in [2.24, 2.45) is 0 Å². The van der Waals surface area contributed by atoms with Gasteiger partial charge in [-0.15, -0.1) is 0 Å². The van der Waals surface area contributed by atoms with Gasteiger partial charge in [-0.2, -0.15) is 0 Å². The largest absolute Gasteiger partial charge is 0.496 e. The van der Waals surface area contributed by atoms with E-state index in [9.17, 15) is 14.4 Å². The van der Waals surface area contributed by atoms with Gasteiger partial charge in [0.25, 0.3) is 5.91 Å². The van der Waals surface area contributed by atoms with Gasteiger partial charge in [-0.3, -0.25) is 14.4 Å². The Morgan fingerprint density at radius 1 is 0.929 bits per heavy atom. The molecule has 0 aromatic heterocycles. The molecule has 0 saturated carbocycles. The quantitative estimate of drug-likeness (QED) is 0.427. The lowest BCUT2D eigenvalue weighted by atomic mass is 9.62. The maximum Gasteiger partial charge on any atom is 0.255 e. The van der Waals surface area contributed by atoms with E-state index in [1.165, 1.54) is 7.11 Å². The fourth-order valence-electron chi connectivity index (χ4n) is 6.62. The van der Waals surface area contributed by atoms with Crippen LogP contribution in [0.4, 0.5) is 0 Å². The van der Waals surface area contributed by atoms with Gasteiger partial charge in [0.1, 0.15) is 5.75 Å². The Bertz CT molecular complexity index is 1430. The highest BCUT2D eigenvalue weighted by Gasteiger charge is 2.49. The predicted octanol–water partition coefficient (Wildman–Crippen LogP) is 4.04. The number of nitrogens with zero attached hydrogens (tertiary/aromatic N) is 1. The van der Waals surface area contributed by atoms with Gasteiger partial charge in [0.15, 0.2) is 0 Å². The molecule has 1 heterocycles. The monoisotopic (exact) mass is 569 g/mol. The maximum absolute atomic E-state index is 14.1. The number of ether oxygens (including phenoxy) is 2. The SMILES string of the molecule is CCNC(=O)[C@]1(c2ccccc2)CC[C@@H](C(=O)N2CC[C@@H](NC(=O)c3ccccc3OC)[C@@H](OC)C2)c2ccccc21. The summed E-state index contributed by atoms with van der Waals surface area (Å²) in [7, 11) is 3.15. The molecular formula is C34H39N3O5. The number of likely N-dealkylation sites (N-methyl/N-ethyl adjacent to an activating group) is 1. The van der Waals surface area contributed by atoms with Crippen LogP contribution in [0.5, 0.6) is 5.75 Å². The molecule has 42 heavy (non-hydrogen) atoms. The van der Waals surface area contributed by atoms with E-state index in [4.69, 9.17) is 9.47 Å². The number of benzene rings is 3. The molecule has 4 atom stereocenters. The van der Waals surface area contributed by atoms with Crippen molar-refractivity contribution in [2.45, 2.75) is 49.7 Å². The predicted molar refractivity (Wildman–Crippen MR) is 161 cm³/mol. The van der Waals surface area contributed by atoms with Crippen LogP contribution in [0.25, 0.3) is 0 Å². The van der Waals surface area contributed by atoms with E-state index in [0.29, 0.717) is 50.2 Å². The number of hydrogen-bond donors (Lipinski definition) is 2. The molecule has 1 saturated heterocycles. The van der Waals surface area contributed by atoms with Crippen LogP contribution in [-0.4, -0.2) is 68.6 Å². The van der Waals surface area contributed by atoms with Crippen molar-refractivity contribution in [1.82, 2.24) is 15.5 Å². The van der Waals surface area contributed by atoms with E-state index in [1.807, 2.05) is 72.5 Å². The van der Waals surface area contributed by atoms with Gasteiger partial charge in [0.05, 0.1) is 36.2 Å². The van der Waals surface area contributed by atoms with Gasteiger partial charge in [-0.1, -0.05) is 66.7 Å². The average molecular weight is 570 g/mol. The number of carbonyl (C=O) groups excluding carboxylic acids is 3. The number of methoxy groups -OCH3 is 2. The van der Waals surface area contributed by atoms with Crippen molar-refractivity contribution < 1.29 is 23.9 Å². The molecule has 8 nitrogen and oxygen atoms in total. The van der Waals surface area contributed by atoms with Gasteiger partial charge in [-0.05, 0) is 55.0 Å². The highest BCUT2D eigenvalue weighted by Crippen LogP contribution is 2.48. The number of amides is 3. The second-order valence-electron chi connectivity index (χ2n) is 10.9. The van der Waals surface area contributed by atoms with E-state index in [0.717, 1.165) is 16.7 Å². The first-order valence-electron chi connectivity index (χ1n) is 14.6. The van der Waals surface area contributed by atoms with Gasteiger partial charge in [0, 0.05) is 26.7 Å².